The summed E-state index contributed by atoms with van der Waals surface area (Å²) in [6, 6.07) is 0.825. The van der Waals surface area contributed by atoms with Gasteiger partial charge in [0.25, 0.3) is 0 Å². The molecule has 0 aliphatic heterocycles. The van der Waals surface area contributed by atoms with Crippen LogP contribution in [0, 0.1) is 22.7 Å². The third kappa shape index (κ3) is 0.988. The molecule has 0 aromatic carbocycles. The van der Waals surface area contributed by atoms with Gasteiger partial charge < -0.3 is 5.32 Å². The van der Waals surface area contributed by atoms with Gasteiger partial charge in [-0.2, -0.15) is 0 Å². The summed E-state index contributed by atoms with van der Waals surface area (Å²) in [5.74, 6) is 1.87. The van der Waals surface area contributed by atoms with E-state index in [1.807, 2.05) is 0 Å². The molecular weight excluding hydrogens is 182 g/mol. The number of rotatable bonds is 1. The first kappa shape index (κ1) is 10.1. The van der Waals surface area contributed by atoms with Gasteiger partial charge in [-0.1, -0.05) is 33.1 Å². The molecule has 3 rings (SSSR count). The van der Waals surface area contributed by atoms with Crippen molar-refractivity contribution in [1.29, 1.82) is 0 Å². The lowest BCUT2D eigenvalue weighted by atomic mass is 9.54. The third-order valence-electron chi connectivity index (χ3n) is 6.30. The van der Waals surface area contributed by atoms with Crippen LogP contribution < -0.4 is 5.32 Å². The molecule has 0 amide bonds. The van der Waals surface area contributed by atoms with Crippen LogP contribution in [0.5, 0.6) is 0 Å². The Bertz CT molecular complexity index is 267. The zero-order valence-corrected chi connectivity index (χ0v) is 10.5. The van der Waals surface area contributed by atoms with E-state index in [2.05, 4.69) is 26.2 Å². The van der Waals surface area contributed by atoms with E-state index in [-0.39, 0.29) is 0 Å². The van der Waals surface area contributed by atoms with Crippen molar-refractivity contribution < 1.29 is 0 Å². The van der Waals surface area contributed by atoms with Crippen LogP contribution in [0.3, 0.4) is 0 Å². The van der Waals surface area contributed by atoms with E-state index < -0.39 is 0 Å². The van der Waals surface area contributed by atoms with Crippen molar-refractivity contribution in [1.82, 2.24) is 5.32 Å². The molecule has 1 heteroatoms. The second-order valence-electron chi connectivity index (χ2n) is 6.47. The van der Waals surface area contributed by atoms with Gasteiger partial charge in [0.1, 0.15) is 0 Å². The SMILES string of the molecule is CNC1C(C)C(C)C12CC21CCCCC1. The van der Waals surface area contributed by atoms with Crippen molar-refractivity contribution in [3.8, 4) is 0 Å². The molecule has 1 N–H and O–H groups in total. The van der Waals surface area contributed by atoms with E-state index in [9.17, 15) is 0 Å². The van der Waals surface area contributed by atoms with Crippen molar-refractivity contribution in [2.45, 2.75) is 58.4 Å². The molecule has 4 unspecified atom stereocenters. The lowest BCUT2D eigenvalue weighted by Gasteiger charge is -2.54. The number of fused-ring (bicyclic) bond motifs is 1. The average Bonchev–Trinajstić information content (AvgIpc) is 2.90. The second-order valence-corrected chi connectivity index (χ2v) is 6.47. The van der Waals surface area contributed by atoms with Crippen LogP contribution in [0.2, 0.25) is 0 Å². The molecule has 0 saturated heterocycles. The Balaban J connectivity index is 1.82. The molecule has 3 saturated carbocycles. The molecule has 0 aromatic rings. The summed E-state index contributed by atoms with van der Waals surface area (Å²) in [6.07, 6.45) is 9.09. The maximum atomic E-state index is 3.61. The van der Waals surface area contributed by atoms with E-state index in [1.54, 1.807) is 0 Å². The minimum atomic E-state index is 0.724. The summed E-state index contributed by atoms with van der Waals surface area (Å²) in [4.78, 5) is 0. The van der Waals surface area contributed by atoms with E-state index in [0.29, 0.717) is 0 Å². The van der Waals surface area contributed by atoms with Gasteiger partial charge in [-0.25, -0.2) is 0 Å². The highest BCUT2D eigenvalue weighted by Gasteiger charge is 2.77. The first-order chi connectivity index (χ1) is 7.18. The van der Waals surface area contributed by atoms with Gasteiger partial charge in [-0.3, -0.25) is 0 Å². The van der Waals surface area contributed by atoms with Gasteiger partial charge in [-0.15, -0.1) is 0 Å². The molecule has 1 nitrogen and oxygen atoms in total. The minimum absolute atomic E-state index is 0.724. The Labute approximate surface area is 94.0 Å². The summed E-state index contributed by atoms with van der Waals surface area (Å²) in [5.41, 5.74) is 1.51. The molecule has 4 atom stereocenters. The van der Waals surface area contributed by atoms with Crippen molar-refractivity contribution in [2.24, 2.45) is 22.7 Å². The van der Waals surface area contributed by atoms with Crippen molar-refractivity contribution in [3.05, 3.63) is 0 Å². The summed E-state index contributed by atoms with van der Waals surface area (Å²) in [6.45, 7) is 4.94. The highest BCUT2D eigenvalue weighted by molar-refractivity contribution is 5.28. The van der Waals surface area contributed by atoms with Crippen molar-refractivity contribution in [2.75, 3.05) is 7.05 Å². The lowest BCUT2D eigenvalue weighted by molar-refractivity contribution is -0.0250. The summed E-state index contributed by atoms with van der Waals surface area (Å²) >= 11 is 0. The lowest BCUT2D eigenvalue weighted by Crippen LogP contribution is -2.59. The third-order valence-corrected chi connectivity index (χ3v) is 6.30. The molecule has 0 radical (unpaired) electrons. The van der Waals surface area contributed by atoms with Gasteiger partial charge in [0.05, 0.1) is 0 Å². The number of hydrogen-bond acceptors (Lipinski definition) is 1. The van der Waals surface area contributed by atoms with Crippen LogP contribution in [0.1, 0.15) is 52.4 Å². The fourth-order valence-electron chi connectivity index (χ4n) is 5.38. The van der Waals surface area contributed by atoms with E-state index >= 15 is 0 Å². The molecule has 2 spiro atoms. The second kappa shape index (κ2) is 3.00. The zero-order chi connectivity index (χ0) is 10.7. The Morgan fingerprint density at radius 1 is 1.07 bits per heavy atom. The van der Waals surface area contributed by atoms with Crippen LogP contribution in [0.25, 0.3) is 0 Å². The standard InChI is InChI=1S/C14H25N/c1-10-11(2)14(12(10)15-3)9-13(14)7-5-4-6-8-13/h10-12,15H,4-9H2,1-3H3. The topological polar surface area (TPSA) is 12.0 Å². The first-order valence-electron chi connectivity index (χ1n) is 6.85. The first-order valence-corrected chi connectivity index (χ1v) is 6.85. The Morgan fingerprint density at radius 2 is 1.73 bits per heavy atom. The highest BCUT2D eigenvalue weighted by Crippen LogP contribution is 2.81. The normalized spacial score (nSPS) is 51.8. The van der Waals surface area contributed by atoms with Crippen LogP contribution in [-0.2, 0) is 0 Å². The predicted molar refractivity (Wildman–Crippen MR) is 63.7 cm³/mol. The molecule has 15 heavy (non-hydrogen) atoms. The maximum absolute atomic E-state index is 3.61. The molecule has 3 aliphatic rings. The molecule has 3 fully saturated rings. The van der Waals surface area contributed by atoms with Crippen LogP contribution in [-0.4, -0.2) is 13.1 Å². The Morgan fingerprint density at radius 3 is 2.33 bits per heavy atom. The minimum Gasteiger partial charge on any atom is -0.316 e. The quantitative estimate of drug-likeness (QED) is 0.696. The number of hydrogen-bond donors (Lipinski definition) is 1. The van der Waals surface area contributed by atoms with Gasteiger partial charge >= 0.3 is 0 Å². The summed E-state index contributed by atoms with van der Waals surface area (Å²) < 4.78 is 0. The van der Waals surface area contributed by atoms with Gasteiger partial charge in [0.2, 0.25) is 0 Å². The zero-order valence-electron chi connectivity index (χ0n) is 10.5. The van der Waals surface area contributed by atoms with Crippen LogP contribution in [0.15, 0.2) is 0 Å². The van der Waals surface area contributed by atoms with Crippen molar-refractivity contribution >= 4 is 0 Å². The predicted octanol–water partition coefficient (Wildman–Crippen LogP) is 3.20. The smallest absolute Gasteiger partial charge is 0.0157 e. The summed E-state index contributed by atoms with van der Waals surface area (Å²) in [5, 5.41) is 3.61. The molecule has 3 aliphatic carbocycles. The van der Waals surface area contributed by atoms with Gasteiger partial charge in [0.15, 0.2) is 0 Å². The van der Waals surface area contributed by atoms with Crippen molar-refractivity contribution in [3.63, 3.8) is 0 Å². The average molecular weight is 207 g/mol. The van der Waals surface area contributed by atoms with Crippen LogP contribution in [0.4, 0.5) is 0 Å². The summed E-state index contributed by atoms with van der Waals surface area (Å²) in [7, 11) is 2.17. The Hall–Kier alpha value is -0.0400. The fraction of sp³-hybridized carbons (Fsp3) is 1.00. The Kier molecular flexibility index (Phi) is 2.03. The molecule has 86 valence electrons. The monoisotopic (exact) mass is 207 g/mol. The number of nitrogens with one attached hydrogen (secondary N) is 1. The van der Waals surface area contributed by atoms with Gasteiger partial charge in [-0.05, 0) is 49.0 Å². The van der Waals surface area contributed by atoms with Gasteiger partial charge in [0, 0.05) is 6.04 Å². The van der Waals surface area contributed by atoms with E-state index in [1.165, 1.54) is 38.5 Å². The van der Waals surface area contributed by atoms with E-state index in [4.69, 9.17) is 0 Å². The molecule has 0 bridgehead atoms. The fourth-order valence-corrected chi connectivity index (χ4v) is 5.38. The highest BCUT2D eigenvalue weighted by atomic mass is 15.0. The molecule has 0 heterocycles. The van der Waals surface area contributed by atoms with Crippen LogP contribution >= 0.6 is 0 Å². The van der Waals surface area contributed by atoms with E-state index in [0.717, 1.165) is 28.7 Å². The molecular formula is C14H25N. The molecule has 0 aromatic heterocycles. The largest absolute Gasteiger partial charge is 0.316 e. The maximum Gasteiger partial charge on any atom is 0.0157 e.